The molecule has 206 valence electrons. The van der Waals surface area contributed by atoms with Crippen LogP contribution in [0.5, 0.6) is 11.6 Å². The molecule has 1 aromatic heterocycles. The summed E-state index contributed by atoms with van der Waals surface area (Å²) in [6.45, 7) is 6.18. The van der Waals surface area contributed by atoms with Crippen LogP contribution in [0.25, 0.3) is 11.1 Å². The number of carboxylic acid groups (broad SMARTS) is 1. The van der Waals surface area contributed by atoms with Crippen LogP contribution in [0.3, 0.4) is 0 Å². The van der Waals surface area contributed by atoms with Crippen molar-refractivity contribution in [3.05, 3.63) is 76.5 Å². The van der Waals surface area contributed by atoms with Crippen LogP contribution in [-0.2, 0) is 28.0 Å². The van der Waals surface area contributed by atoms with Crippen LogP contribution in [0.15, 0.2) is 42.6 Å². The number of nitrogens with zero attached hydrogens (tertiary/aromatic N) is 1. The summed E-state index contributed by atoms with van der Waals surface area (Å²) in [6, 6.07) is 10.5. The van der Waals surface area contributed by atoms with Crippen LogP contribution >= 0.6 is 0 Å². The van der Waals surface area contributed by atoms with E-state index in [1.54, 1.807) is 25.3 Å². The number of hydrogen-bond donors (Lipinski definition) is 1. The lowest BCUT2D eigenvalue weighted by Crippen LogP contribution is -2.21. The number of aliphatic carboxylic acids is 1. The highest BCUT2D eigenvalue weighted by Crippen LogP contribution is 2.62. The van der Waals surface area contributed by atoms with Crippen LogP contribution in [-0.4, -0.2) is 30.3 Å². The van der Waals surface area contributed by atoms with Crippen LogP contribution in [0.2, 0.25) is 0 Å². The molecule has 0 radical (unpaired) electrons. The molecular formula is C31H33F2NO5. The van der Waals surface area contributed by atoms with Gasteiger partial charge in [0.15, 0.2) is 11.6 Å². The number of ether oxygens (including phenoxy) is 3. The molecule has 6 nitrogen and oxygen atoms in total. The lowest BCUT2D eigenvalue weighted by atomic mass is 9.81. The van der Waals surface area contributed by atoms with Crippen molar-refractivity contribution in [2.75, 3.05) is 14.2 Å². The zero-order chi connectivity index (χ0) is 28.1. The number of hydrogen-bond acceptors (Lipinski definition) is 5. The summed E-state index contributed by atoms with van der Waals surface area (Å²) in [5, 5.41) is 9.52. The normalized spacial score (nSPS) is 20.5. The Labute approximate surface area is 226 Å². The van der Waals surface area contributed by atoms with Gasteiger partial charge in [-0.05, 0) is 59.1 Å². The maximum atomic E-state index is 15.7. The van der Waals surface area contributed by atoms with Gasteiger partial charge in [-0.25, -0.2) is 13.8 Å². The van der Waals surface area contributed by atoms with E-state index in [0.29, 0.717) is 41.8 Å². The van der Waals surface area contributed by atoms with Gasteiger partial charge in [-0.1, -0.05) is 39.0 Å². The number of aromatic nitrogens is 1. The van der Waals surface area contributed by atoms with E-state index in [1.165, 1.54) is 7.11 Å². The lowest BCUT2D eigenvalue weighted by molar-refractivity contribution is -0.139. The summed E-state index contributed by atoms with van der Waals surface area (Å²) in [7, 11) is 3.09. The van der Waals surface area contributed by atoms with Crippen molar-refractivity contribution in [1.82, 2.24) is 4.98 Å². The van der Waals surface area contributed by atoms with Crippen LogP contribution < -0.4 is 9.47 Å². The van der Waals surface area contributed by atoms with Gasteiger partial charge in [0.2, 0.25) is 5.88 Å². The Morgan fingerprint density at radius 3 is 2.56 bits per heavy atom. The second-order valence-electron chi connectivity index (χ2n) is 11.6. The minimum absolute atomic E-state index is 0.0705. The average molecular weight is 538 g/mol. The third kappa shape index (κ3) is 4.75. The van der Waals surface area contributed by atoms with Crippen molar-refractivity contribution in [3.63, 3.8) is 0 Å². The van der Waals surface area contributed by atoms with Gasteiger partial charge in [0.25, 0.3) is 0 Å². The van der Waals surface area contributed by atoms with Gasteiger partial charge in [0.05, 0.1) is 25.3 Å². The summed E-state index contributed by atoms with van der Waals surface area (Å²) in [4.78, 5) is 15.6. The fourth-order valence-corrected chi connectivity index (χ4v) is 6.13. The van der Waals surface area contributed by atoms with Crippen LogP contribution in [0.4, 0.5) is 8.78 Å². The van der Waals surface area contributed by atoms with E-state index in [-0.39, 0.29) is 23.9 Å². The van der Waals surface area contributed by atoms with E-state index < -0.39 is 28.9 Å². The Kier molecular flexibility index (Phi) is 6.87. The first-order valence-electron chi connectivity index (χ1n) is 13.0. The molecule has 0 amide bonds. The Hall–Kier alpha value is -3.52. The van der Waals surface area contributed by atoms with Gasteiger partial charge in [-0.2, -0.15) is 0 Å². The molecule has 3 unspecified atom stereocenters. The third-order valence-corrected chi connectivity index (χ3v) is 8.05. The van der Waals surface area contributed by atoms with Gasteiger partial charge in [0, 0.05) is 29.7 Å². The van der Waals surface area contributed by atoms with Crippen molar-refractivity contribution in [1.29, 1.82) is 0 Å². The van der Waals surface area contributed by atoms with Crippen molar-refractivity contribution in [3.8, 4) is 22.8 Å². The number of halogens is 2. The number of pyridine rings is 1. The topological polar surface area (TPSA) is 77.9 Å². The van der Waals surface area contributed by atoms with Crippen molar-refractivity contribution in [2.45, 2.75) is 58.2 Å². The quantitative estimate of drug-likeness (QED) is 0.347. The van der Waals surface area contributed by atoms with E-state index in [4.69, 9.17) is 14.2 Å². The maximum Gasteiger partial charge on any atom is 0.307 e. The molecule has 2 aliphatic rings. The molecular weight excluding hydrogens is 504 g/mol. The number of fused-ring (bicyclic) bond motifs is 2. The van der Waals surface area contributed by atoms with Crippen molar-refractivity contribution >= 4 is 5.97 Å². The van der Waals surface area contributed by atoms with Gasteiger partial charge in [-0.15, -0.1) is 0 Å². The molecule has 8 heteroatoms. The second-order valence-corrected chi connectivity index (χ2v) is 11.6. The van der Waals surface area contributed by atoms with Gasteiger partial charge in [0.1, 0.15) is 12.4 Å². The zero-order valence-corrected chi connectivity index (χ0v) is 22.8. The number of benzene rings is 2. The predicted molar refractivity (Wildman–Crippen MR) is 142 cm³/mol. The Balaban J connectivity index is 1.48. The molecule has 3 aromatic rings. The molecule has 1 heterocycles. The Morgan fingerprint density at radius 1 is 1.15 bits per heavy atom. The summed E-state index contributed by atoms with van der Waals surface area (Å²) in [6.07, 6.45) is 2.52. The molecule has 0 bridgehead atoms. The molecule has 2 aliphatic carbocycles. The highest BCUT2D eigenvalue weighted by Gasteiger charge is 2.63. The zero-order valence-electron chi connectivity index (χ0n) is 22.8. The van der Waals surface area contributed by atoms with Crippen LogP contribution in [0, 0.1) is 23.0 Å². The monoisotopic (exact) mass is 537 g/mol. The molecule has 1 saturated carbocycles. The van der Waals surface area contributed by atoms with E-state index in [9.17, 15) is 14.3 Å². The molecule has 2 aromatic carbocycles. The van der Waals surface area contributed by atoms with Gasteiger partial charge < -0.3 is 19.3 Å². The number of carbonyl (C=O) groups is 1. The molecule has 3 atom stereocenters. The highest BCUT2D eigenvalue weighted by molar-refractivity contribution is 5.78. The first-order chi connectivity index (χ1) is 18.5. The largest absolute Gasteiger partial charge is 0.486 e. The predicted octanol–water partition coefficient (Wildman–Crippen LogP) is 6.64. The first kappa shape index (κ1) is 27.1. The lowest BCUT2D eigenvalue weighted by Gasteiger charge is -2.32. The number of rotatable bonds is 8. The Morgan fingerprint density at radius 2 is 1.92 bits per heavy atom. The minimum atomic E-state index is -0.879. The molecule has 1 fully saturated rings. The van der Waals surface area contributed by atoms with Gasteiger partial charge in [-0.3, -0.25) is 4.79 Å². The highest BCUT2D eigenvalue weighted by atomic mass is 19.1. The molecule has 5 rings (SSSR count). The van der Waals surface area contributed by atoms with Crippen molar-refractivity contribution in [2.24, 2.45) is 11.3 Å². The van der Waals surface area contributed by atoms with E-state index in [1.807, 2.05) is 39.0 Å². The van der Waals surface area contributed by atoms with Crippen molar-refractivity contribution < 1.29 is 32.9 Å². The molecule has 1 N–H and O–H groups in total. The van der Waals surface area contributed by atoms with E-state index >= 15 is 4.39 Å². The smallest absolute Gasteiger partial charge is 0.307 e. The average Bonchev–Trinajstić information content (AvgIpc) is 3.50. The maximum absolute atomic E-state index is 15.7. The summed E-state index contributed by atoms with van der Waals surface area (Å²) in [5.74, 6) is -1.99. The third-order valence-electron chi connectivity index (χ3n) is 8.05. The summed E-state index contributed by atoms with van der Waals surface area (Å²) in [5.41, 5.74) is 2.91. The fourth-order valence-electron chi connectivity index (χ4n) is 6.13. The molecule has 39 heavy (non-hydrogen) atoms. The number of aryl methyl sites for hydroxylation is 1. The van der Waals surface area contributed by atoms with E-state index in [0.717, 1.165) is 22.9 Å². The number of carboxylic acids is 1. The van der Waals surface area contributed by atoms with E-state index in [2.05, 4.69) is 4.98 Å². The Bertz CT molecular complexity index is 1430. The summed E-state index contributed by atoms with van der Waals surface area (Å²) < 4.78 is 47.7. The molecule has 0 saturated heterocycles. The number of methoxy groups -OCH3 is 2. The fraction of sp³-hybridized carbons (Fsp3) is 0.419. The standard InChI is InChI=1S/C31H33F2NO5/c1-30(2,3)28(38-5)21-12-17(6-8-19(21)20-13-25(37-4)34-15-23(20)32)16-39-24-9-7-18-10-11-31(26(18)27(24)33)14-22(31)29(35)36/h6-9,12-13,15,22,28H,10-11,14,16H2,1-5H3,(H,35,36). The summed E-state index contributed by atoms with van der Waals surface area (Å²) >= 11 is 0. The van der Waals surface area contributed by atoms with Crippen LogP contribution in [0.1, 0.15) is 62.0 Å². The minimum Gasteiger partial charge on any atom is -0.486 e. The molecule has 0 aliphatic heterocycles. The SMILES string of the molecule is COc1cc(-c2ccc(COc3ccc4c(c3F)C3(CC4)CC3C(=O)O)cc2C(OC)C(C)(C)C)c(F)cn1. The first-order valence-corrected chi connectivity index (χ1v) is 13.0. The second kappa shape index (κ2) is 9.90. The van der Waals surface area contributed by atoms with Gasteiger partial charge >= 0.3 is 5.97 Å². The molecule has 1 spiro atoms.